The minimum Gasteiger partial charge on any atom is -0.471 e. The van der Waals surface area contributed by atoms with E-state index in [4.69, 9.17) is 32.7 Å². The normalized spacial score (nSPS) is 11.4. The van der Waals surface area contributed by atoms with E-state index in [1.165, 1.54) is 6.07 Å². The minimum atomic E-state index is -3.90. The third kappa shape index (κ3) is 6.14. The predicted molar refractivity (Wildman–Crippen MR) is 94.5 cm³/mol. The molecule has 0 atom stereocenters. The molecule has 0 bridgehead atoms. The van der Waals surface area contributed by atoms with Gasteiger partial charge in [-0.1, -0.05) is 23.2 Å². The van der Waals surface area contributed by atoms with Crippen LogP contribution in [0.3, 0.4) is 0 Å². The number of aromatic nitrogens is 1. The number of ether oxygens (including phenoxy) is 2. The van der Waals surface area contributed by atoms with Crippen molar-refractivity contribution in [3.8, 4) is 17.4 Å². The first kappa shape index (κ1) is 22.1. The summed E-state index contributed by atoms with van der Waals surface area (Å²) in [7, 11) is -3.90. The van der Waals surface area contributed by atoms with Crippen LogP contribution in [0.25, 0.3) is 0 Å². The van der Waals surface area contributed by atoms with E-state index in [0.29, 0.717) is 0 Å². The summed E-state index contributed by atoms with van der Waals surface area (Å²) in [5.74, 6) is -2.81. The summed E-state index contributed by atoms with van der Waals surface area (Å²) in [6.45, 7) is -0.902. The lowest BCUT2D eigenvalue weighted by Gasteiger charge is -2.11. The van der Waals surface area contributed by atoms with Gasteiger partial charge in [0.05, 0.1) is 23.0 Å². The number of pyridine rings is 1. The van der Waals surface area contributed by atoms with Crippen LogP contribution in [-0.2, 0) is 10.0 Å². The summed E-state index contributed by atoms with van der Waals surface area (Å²) in [6.07, 6.45) is -0.910. The highest BCUT2D eigenvalue weighted by atomic mass is 35.5. The Morgan fingerprint density at radius 1 is 1.25 bits per heavy atom. The summed E-state index contributed by atoms with van der Waals surface area (Å²) >= 11 is 11.8. The Balaban J connectivity index is 2.22. The number of alkyl halides is 2. The van der Waals surface area contributed by atoms with Crippen molar-refractivity contribution in [2.75, 3.05) is 12.9 Å². The zero-order chi connectivity index (χ0) is 21.1. The van der Waals surface area contributed by atoms with Crippen molar-refractivity contribution < 1.29 is 35.9 Å². The van der Waals surface area contributed by atoms with Gasteiger partial charge in [-0.2, -0.15) is 0 Å². The van der Waals surface area contributed by atoms with E-state index in [-0.39, 0.29) is 27.4 Å². The average Bonchev–Trinajstić information content (AvgIpc) is 2.55. The molecule has 2 rings (SSSR count). The van der Waals surface area contributed by atoms with E-state index in [0.717, 1.165) is 24.6 Å². The van der Waals surface area contributed by atoms with Crippen LogP contribution in [0.5, 0.6) is 17.4 Å². The molecule has 0 aliphatic heterocycles. The van der Waals surface area contributed by atoms with E-state index in [2.05, 4.69) is 4.98 Å². The van der Waals surface area contributed by atoms with Crippen LogP contribution in [0.4, 0.5) is 13.2 Å². The molecule has 13 heteroatoms. The third-order valence-electron chi connectivity index (χ3n) is 2.90. The van der Waals surface area contributed by atoms with Gasteiger partial charge >= 0.3 is 0 Å². The SMILES string of the molecule is CS(=O)(=O)NC(=O)c1cc(Cl)c(Oc2cnc(OCC(F)F)c(Cl)c2)cc1F. The summed E-state index contributed by atoms with van der Waals surface area (Å²) in [5, 5.41) is -0.354. The lowest BCUT2D eigenvalue weighted by Crippen LogP contribution is -2.30. The largest absolute Gasteiger partial charge is 0.471 e. The highest BCUT2D eigenvalue weighted by molar-refractivity contribution is 7.89. The van der Waals surface area contributed by atoms with Gasteiger partial charge in [0.25, 0.3) is 12.3 Å². The molecule has 1 heterocycles. The topological polar surface area (TPSA) is 94.6 Å². The Kier molecular flexibility index (Phi) is 6.96. The molecule has 0 aliphatic carbocycles. The van der Waals surface area contributed by atoms with Gasteiger partial charge in [0.1, 0.15) is 22.3 Å². The van der Waals surface area contributed by atoms with Crippen molar-refractivity contribution in [1.29, 1.82) is 0 Å². The molecule has 7 nitrogen and oxygen atoms in total. The Labute approximate surface area is 167 Å². The van der Waals surface area contributed by atoms with Gasteiger partial charge in [0, 0.05) is 12.1 Å². The summed E-state index contributed by atoms with van der Waals surface area (Å²) in [5.41, 5.74) is -0.616. The maximum atomic E-state index is 14.2. The quantitative estimate of drug-likeness (QED) is 0.680. The first-order valence-electron chi connectivity index (χ1n) is 7.22. The molecule has 0 fully saturated rings. The van der Waals surface area contributed by atoms with Crippen LogP contribution in [0, 0.1) is 5.82 Å². The van der Waals surface area contributed by atoms with Crippen molar-refractivity contribution in [1.82, 2.24) is 9.71 Å². The number of halogens is 5. The van der Waals surface area contributed by atoms with Crippen LogP contribution in [0.2, 0.25) is 10.0 Å². The van der Waals surface area contributed by atoms with E-state index in [1.54, 1.807) is 4.72 Å². The molecule has 0 unspecified atom stereocenters. The molecule has 0 spiro atoms. The number of hydrogen-bond acceptors (Lipinski definition) is 6. The molecule has 1 N–H and O–H groups in total. The van der Waals surface area contributed by atoms with Gasteiger partial charge < -0.3 is 9.47 Å². The van der Waals surface area contributed by atoms with Gasteiger partial charge in [-0.15, -0.1) is 0 Å². The maximum Gasteiger partial charge on any atom is 0.272 e. The second-order valence-electron chi connectivity index (χ2n) is 5.23. The third-order valence-corrected chi connectivity index (χ3v) is 4.02. The Hall–Kier alpha value is -2.24. The van der Waals surface area contributed by atoms with Crippen LogP contribution in [-0.4, -0.2) is 38.6 Å². The molecule has 0 radical (unpaired) electrons. The molecule has 0 aliphatic rings. The van der Waals surface area contributed by atoms with Gasteiger partial charge in [-0.25, -0.2) is 31.3 Å². The fourth-order valence-electron chi connectivity index (χ4n) is 1.84. The first-order chi connectivity index (χ1) is 13.0. The van der Waals surface area contributed by atoms with Crippen LogP contribution in [0.15, 0.2) is 24.4 Å². The fourth-order valence-corrected chi connectivity index (χ4v) is 2.70. The number of nitrogens with zero attached hydrogens (tertiary/aromatic N) is 1. The molecule has 1 aromatic heterocycles. The molecule has 0 saturated heterocycles. The minimum absolute atomic E-state index is 0.0240. The number of benzene rings is 1. The van der Waals surface area contributed by atoms with Crippen molar-refractivity contribution >= 4 is 39.1 Å². The molecule has 152 valence electrons. The van der Waals surface area contributed by atoms with Gasteiger partial charge in [-0.3, -0.25) is 4.79 Å². The zero-order valence-electron chi connectivity index (χ0n) is 13.9. The predicted octanol–water partition coefficient (Wildman–Crippen LogP) is 3.65. The van der Waals surface area contributed by atoms with Crippen LogP contribution >= 0.6 is 23.2 Å². The number of hydrogen-bond donors (Lipinski definition) is 1. The van der Waals surface area contributed by atoms with Crippen molar-refractivity contribution in [2.24, 2.45) is 0 Å². The van der Waals surface area contributed by atoms with E-state index < -0.39 is 40.3 Å². The van der Waals surface area contributed by atoms with Crippen molar-refractivity contribution in [2.45, 2.75) is 6.43 Å². The van der Waals surface area contributed by atoms with E-state index >= 15 is 0 Å². The second-order valence-corrected chi connectivity index (χ2v) is 7.79. The van der Waals surface area contributed by atoms with Gasteiger partial charge in [0.15, 0.2) is 6.61 Å². The molecule has 0 saturated carbocycles. The Morgan fingerprint density at radius 3 is 2.50 bits per heavy atom. The summed E-state index contributed by atoms with van der Waals surface area (Å²) in [6, 6.07) is 2.81. The average molecular weight is 459 g/mol. The fraction of sp³-hybridized carbons (Fsp3) is 0.200. The maximum absolute atomic E-state index is 14.2. The van der Waals surface area contributed by atoms with E-state index in [1.807, 2.05) is 0 Å². The summed E-state index contributed by atoms with van der Waals surface area (Å²) in [4.78, 5) is 15.5. The molecule has 1 aromatic carbocycles. The zero-order valence-corrected chi connectivity index (χ0v) is 16.2. The van der Waals surface area contributed by atoms with Crippen molar-refractivity contribution in [3.63, 3.8) is 0 Å². The number of amides is 1. The first-order valence-corrected chi connectivity index (χ1v) is 9.86. The van der Waals surface area contributed by atoms with Gasteiger partial charge in [0.2, 0.25) is 15.9 Å². The molecular formula is C15H11Cl2F3N2O5S. The lowest BCUT2D eigenvalue weighted by atomic mass is 10.2. The molecular weight excluding hydrogens is 448 g/mol. The number of nitrogens with one attached hydrogen (secondary N) is 1. The number of sulfonamides is 1. The van der Waals surface area contributed by atoms with Gasteiger partial charge in [-0.05, 0) is 6.07 Å². The van der Waals surface area contributed by atoms with Crippen LogP contribution < -0.4 is 14.2 Å². The highest BCUT2D eigenvalue weighted by Gasteiger charge is 2.19. The highest BCUT2D eigenvalue weighted by Crippen LogP contribution is 2.34. The summed E-state index contributed by atoms with van der Waals surface area (Å²) < 4.78 is 72.2. The molecule has 28 heavy (non-hydrogen) atoms. The number of rotatable bonds is 7. The lowest BCUT2D eigenvalue weighted by molar-refractivity contribution is 0.0796. The Morgan fingerprint density at radius 2 is 1.93 bits per heavy atom. The monoisotopic (exact) mass is 458 g/mol. The Bertz CT molecular complexity index is 1010. The standard InChI is InChI=1S/C15H11Cl2F3N2O5S/c1-28(24,25)22-14(23)8-3-9(16)12(4-11(8)18)27-7-2-10(17)15(21-5-7)26-6-13(19)20/h2-5,13H,6H2,1H3,(H,22,23). The molecule has 2 aromatic rings. The second kappa shape index (κ2) is 8.84. The van der Waals surface area contributed by atoms with E-state index in [9.17, 15) is 26.4 Å². The number of carbonyl (C=O) groups is 1. The van der Waals surface area contributed by atoms with Crippen molar-refractivity contribution in [3.05, 3.63) is 45.8 Å². The molecule has 1 amide bonds. The van der Waals surface area contributed by atoms with Crippen LogP contribution in [0.1, 0.15) is 10.4 Å². The smallest absolute Gasteiger partial charge is 0.272 e. The number of carbonyl (C=O) groups excluding carboxylic acids is 1.